The van der Waals surface area contributed by atoms with Crippen LogP contribution in [-0.2, 0) is 6.54 Å². The SMILES string of the molecule is CN(Cc1ccc(Cl)cc1Cl)C(=O)c1cc(N)c[nH]1. The number of anilines is 1. The summed E-state index contributed by atoms with van der Waals surface area (Å²) in [5, 5.41) is 1.11. The summed E-state index contributed by atoms with van der Waals surface area (Å²) in [7, 11) is 1.70. The van der Waals surface area contributed by atoms with E-state index in [-0.39, 0.29) is 5.91 Å². The molecule has 0 bridgehead atoms. The third-order valence-electron chi connectivity index (χ3n) is 2.71. The number of carbonyl (C=O) groups is 1. The number of nitrogen functional groups attached to an aromatic ring is 1. The van der Waals surface area contributed by atoms with Gasteiger partial charge in [0.05, 0.1) is 0 Å². The van der Waals surface area contributed by atoms with Crippen LogP contribution >= 0.6 is 23.2 Å². The topological polar surface area (TPSA) is 62.1 Å². The molecule has 1 aromatic carbocycles. The molecular weight excluding hydrogens is 285 g/mol. The summed E-state index contributed by atoms with van der Waals surface area (Å²) in [6, 6.07) is 6.80. The number of benzene rings is 1. The zero-order valence-corrected chi connectivity index (χ0v) is 11.8. The minimum Gasteiger partial charge on any atom is -0.397 e. The quantitative estimate of drug-likeness (QED) is 0.914. The van der Waals surface area contributed by atoms with Gasteiger partial charge in [-0.1, -0.05) is 29.3 Å². The maximum atomic E-state index is 12.1. The van der Waals surface area contributed by atoms with Gasteiger partial charge in [-0.15, -0.1) is 0 Å². The summed E-state index contributed by atoms with van der Waals surface area (Å²) in [6.45, 7) is 0.397. The second-order valence-corrected chi connectivity index (χ2v) is 5.09. The lowest BCUT2D eigenvalue weighted by Crippen LogP contribution is -2.26. The van der Waals surface area contributed by atoms with E-state index in [0.717, 1.165) is 5.56 Å². The maximum absolute atomic E-state index is 12.1. The van der Waals surface area contributed by atoms with Gasteiger partial charge in [0.2, 0.25) is 0 Å². The third-order valence-corrected chi connectivity index (χ3v) is 3.29. The lowest BCUT2D eigenvalue weighted by molar-refractivity contribution is 0.0780. The van der Waals surface area contributed by atoms with Crippen LogP contribution in [0.15, 0.2) is 30.5 Å². The fraction of sp³-hybridized carbons (Fsp3) is 0.154. The molecule has 3 N–H and O–H groups in total. The van der Waals surface area contributed by atoms with Crippen molar-refractivity contribution in [3.05, 3.63) is 51.8 Å². The first kappa shape index (κ1) is 13.8. The van der Waals surface area contributed by atoms with Gasteiger partial charge < -0.3 is 15.6 Å². The molecule has 1 heterocycles. The predicted octanol–water partition coefficient (Wildman–Crippen LogP) is 3.18. The first-order valence-electron chi connectivity index (χ1n) is 5.60. The van der Waals surface area contributed by atoms with E-state index in [1.807, 2.05) is 0 Å². The van der Waals surface area contributed by atoms with Gasteiger partial charge in [0.15, 0.2) is 0 Å². The van der Waals surface area contributed by atoms with Crippen LogP contribution in [0.3, 0.4) is 0 Å². The molecule has 1 aromatic heterocycles. The van der Waals surface area contributed by atoms with Crippen molar-refractivity contribution in [1.29, 1.82) is 0 Å². The molecule has 100 valence electrons. The number of halogens is 2. The number of hydrogen-bond acceptors (Lipinski definition) is 2. The predicted molar refractivity (Wildman–Crippen MR) is 77.5 cm³/mol. The van der Waals surface area contributed by atoms with Crippen LogP contribution in [0.2, 0.25) is 10.0 Å². The van der Waals surface area contributed by atoms with Crippen LogP contribution in [0.25, 0.3) is 0 Å². The Kier molecular flexibility index (Phi) is 4.02. The maximum Gasteiger partial charge on any atom is 0.270 e. The highest BCUT2D eigenvalue weighted by atomic mass is 35.5. The van der Waals surface area contributed by atoms with E-state index >= 15 is 0 Å². The number of nitrogens with zero attached hydrogens (tertiary/aromatic N) is 1. The number of carbonyl (C=O) groups excluding carboxylic acids is 1. The molecule has 6 heteroatoms. The molecule has 0 aliphatic heterocycles. The van der Waals surface area contributed by atoms with Gasteiger partial charge in [0.1, 0.15) is 5.69 Å². The minimum atomic E-state index is -0.150. The molecule has 0 atom stereocenters. The molecule has 2 rings (SSSR count). The monoisotopic (exact) mass is 297 g/mol. The highest BCUT2D eigenvalue weighted by Gasteiger charge is 2.14. The molecule has 1 amide bonds. The molecule has 19 heavy (non-hydrogen) atoms. The molecular formula is C13H13Cl2N3O. The lowest BCUT2D eigenvalue weighted by atomic mass is 10.2. The first-order chi connectivity index (χ1) is 8.97. The van der Waals surface area contributed by atoms with Gasteiger partial charge in [0, 0.05) is 35.5 Å². The summed E-state index contributed by atoms with van der Waals surface area (Å²) in [5.41, 5.74) is 7.38. The largest absolute Gasteiger partial charge is 0.397 e. The summed E-state index contributed by atoms with van der Waals surface area (Å²) in [5.74, 6) is -0.150. The van der Waals surface area contributed by atoms with E-state index in [4.69, 9.17) is 28.9 Å². The van der Waals surface area contributed by atoms with Gasteiger partial charge in [0.25, 0.3) is 5.91 Å². The van der Waals surface area contributed by atoms with E-state index in [1.54, 1.807) is 42.4 Å². The van der Waals surface area contributed by atoms with Crippen molar-refractivity contribution in [1.82, 2.24) is 9.88 Å². The molecule has 0 aliphatic rings. The lowest BCUT2D eigenvalue weighted by Gasteiger charge is -2.17. The van der Waals surface area contributed by atoms with Gasteiger partial charge in [-0.25, -0.2) is 0 Å². The average molecular weight is 298 g/mol. The summed E-state index contributed by atoms with van der Waals surface area (Å²) in [6.07, 6.45) is 1.58. The summed E-state index contributed by atoms with van der Waals surface area (Å²) in [4.78, 5) is 16.5. The second kappa shape index (κ2) is 5.55. The Labute approximate surface area is 121 Å². The van der Waals surface area contributed by atoms with Crippen molar-refractivity contribution in [3.8, 4) is 0 Å². The smallest absolute Gasteiger partial charge is 0.270 e. The number of hydrogen-bond donors (Lipinski definition) is 2. The van der Waals surface area contributed by atoms with E-state index in [1.165, 1.54) is 0 Å². The Morgan fingerprint density at radius 1 is 1.37 bits per heavy atom. The molecule has 0 fully saturated rings. The zero-order valence-electron chi connectivity index (χ0n) is 10.3. The Morgan fingerprint density at radius 2 is 2.11 bits per heavy atom. The van der Waals surface area contributed by atoms with Crippen LogP contribution in [0.5, 0.6) is 0 Å². The minimum absolute atomic E-state index is 0.150. The Balaban J connectivity index is 2.12. The van der Waals surface area contributed by atoms with Crippen molar-refractivity contribution in [2.45, 2.75) is 6.54 Å². The average Bonchev–Trinajstić information content (AvgIpc) is 2.78. The number of aromatic nitrogens is 1. The van der Waals surface area contributed by atoms with Gasteiger partial charge in [-0.05, 0) is 23.8 Å². The summed E-state index contributed by atoms with van der Waals surface area (Å²) >= 11 is 11.9. The molecule has 0 unspecified atom stereocenters. The van der Waals surface area contributed by atoms with Crippen LogP contribution in [0, 0.1) is 0 Å². The molecule has 0 saturated carbocycles. The summed E-state index contributed by atoms with van der Waals surface area (Å²) < 4.78 is 0. The zero-order chi connectivity index (χ0) is 14.0. The highest BCUT2D eigenvalue weighted by Crippen LogP contribution is 2.22. The first-order valence-corrected chi connectivity index (χ1v) is 6.36. The van der Waals surface area contributed by atoms with Crippen LogP contribution < -0.4 is 5.73 Å². The van der Waals surface area contributed by atoms with Crippen molar-refractivity contribution in [2.75, 3.05) is 12.8 Å². The second-order valence-electron chi connectivity index (χ2n) is 4.24. The molecule has 2 aromatic rings. The van der Waals surface area contributed by atoms with Gasteiger partial charge in [-0.2, -0.15) is 0 Å². The number of nitrogens with two attached hydrogens (primary N) is 1. The van der Waals surface area contributed by atoms with E-state index in [2.05, 4.69) is 4.98 Å². The van der Waals surface area contributed by atoms with Crippen molar-refractivity contribution in [2.24, 2.45) is 0 Å². The standard InChI is InChI=1S/C13H13Cl2N3O/c1-18(13(19)12-5-10(16)6-17-12)7-8-2-3-9(14)4-11(8)15/h2-6,17H,7,16H2,1H3. The highest BCUT2D eigenvalue weighted by molar-refractivity contribution is 6.35. The van der Waals surface area contributed by atoms with Gasteiger partial charge >= 0.3 is 0 Å². The third kappa shape index (κ3) is 3.22. The number of H-pyrrole nitrogens is 1. The number of rotatable bonds is 3. The molecule has 0 saturated heterocycles. The number of aromatic amines is 1. The fourth-order valence-electron chi connectivity index (χ4n) is 1.72. The number of amides is 1. The van der Waals surface area contributed by atoms with Crippen molar-refractivity contribution < 1.29 is 4.79 Å². The van der Waals surface area contributed by atoms with Crippen molar-refractivity contribution in [3.63, 3.8) is 0 Å². The van der Waals surface area contributed by atoms with E-state index in [0.29, 0.717) is 28.0 Å². The normalized spacial score (nSPS) is 10.5. The molecule has 0 spiro atoms. The van der Waals surface area contributed by atoms with Gasteiger partial charge in [-0.3, -0.25) is 4.79 Å². The fourth-order valence-corrected chi connectivity index (χ4v) is 2.19. The van der Waals surface area contributed by atoms with Crippen molar-refractivity contribution >= 4 is 34.8 Å². The van der Waals surface area contributed by atoms with E-state index in [9.17, 15) is 4.79 Å². The van der Waals surface area contributed by atoms with Crippen LogP contribution in [-0.4, -0.2) is 22.8 Å². The Morgan fingerprint density at radius 3 is 2.68 bits per heavy atom. The van der Waals surface area contributed by atoms with Crippen LogP contribution in [0.4, 0.5) is 5.69 Å². The number of nitrogens with one attached hydrogen (secondary N) is 1. The van der Waals surface area contributed by atoms with E-state index < -0.39 is 0 Å². The molecule has 0 radical (unpaired) electrons. The molecule has 0 aliphatic carbocycles. The molecule has 4 nitrogen and oxygen atoms in total. The Hall–Kier alpha value is -1.65. The Bertz CT molecular complexity index is 610. The van der Waals surface area contributed by atoms with Crippen LogP contribution in [0.1, 0.15) is 16.1 Å².